The van der Waals surface area contributed by atoms with Crippen molar-refractivity contribution in [3.8, 4) is 5.75 Å². The molecule has 0 saturated heterocycles. The minimum atomic E-state index is -3.83. The van der Waals surface area contributed by atoms with Crippen LogP contribution in [0, 0.1) is 0 Å². The predicted molar refractivity (Wildman–Crippen MR) is 115 cm³/mol. The smallest absolute Gasteiger partial charge is 0.272 e. The standard InChI is InChI=1S/C20H22N4O4S2/c1-3-17(28-16-12-8-5-9-13-16)18(25)21-19-22-23-20(29-19)30(26,27)24(2)14-15-10-6-4-7-11-15/h4-13,17H,3,14H2,1-2H3,(H,21,22,25). The van der Waals surface area contributed by atoms with E-state index >= 15 is 0 Å². The van der Waals surface area contributed by atoms with Gasteiger partial charge in [-0.25, -0.2) is 8.42 Å². The van der Waals surface area contributed by atoms with Crippen molar-refractivity contribution < 1.29 is 17.9 Å². The van der Waals surface area contributed by atoms with E-state index in [1.54, 1.807) is 12.1 Å². The van der Waals surface area contributed by atoms with Crippen molar-refractivity contribution >= 4 is 32.4 Å². The lowest BCUT2D eigenvalue weighted by atomic mass is 10.2. The van der Waals surface area contributed by atoms with Gasteiger partial charge in [-0.2, -0.15) is 4.31 Å². The third-order valence-corrected chi connectivity index (χ3v) is 7.19. The Labute approximate surface area is 179 Å². The van der Waals surface area contributed by atoms with Crippen molar-refractivity contribution in [2.45, 2.75) is 30.3 Å². The van der Waals surface area contributed by atoms with E-state index in [2.05, 4.69) is 15.5 Å². The molecule has 0 saturated carbocycles. The molecule has 2 aromatic carbocycles. The molecule has 0 aliphatic heterocycles. The molecule has 30 heavy (non-hydrogen) atoms. The maximum atomic E-state index is 12.8. The SMILES string of the molecule is CCC(Oc1ccccc1)C(=O)Nc1nnc(S(=O)(=O)N(C)Cc2ccccc2)s1. The molecule has 3 rings (SSSR count). The van der Waals surface area contributed by atoms with Gasteiger partial charge in [-0.15, -0.1) is 10.2 Å². The third kappa shape index (κ3) is 5.41. The largest absolute Gasteiger partial charge is 0.481 e. The minimum Gasteiger partial charge on any atom is -0.481 e. The van der Waals surface area contributed by atoms with Gasteiger partial charge in [-0.05, 0) is 24.1 Å². The van der Waals surface area contributed by atoms with E-state index in [0.29, 0.717) is 12.2 Å². The Morgan fingerprint density at radius 2 is 1.73 bits per heavy atom. The summed E-state index contributed by atoms with van der Waals surface area (Å²) in [6, 6.07) is 18.2. The molecule has 8 nitrogen and oxygen atoms in total. The van der Waals surface area contributed by atoms with Crippen LogP contribution in [0.25, 0.3) is 0 Å². The summed E-state index contributed by atoms with van der Waals surface area (Å²) in [5, 5.41) is 10.3. The average molecular weight is 447 g/mol. The van der Waals surface area contributed by atoms with Crippen molar-refractivity contribution in [3.05, 3.63) is 66.2 Å². The molecule has 10 heteroatoms. The lowest BCUT2D eigenvalue weighted by Crippen LogP contribution is -2.32. The van der Waals surface area contributed by atoms with Crippen LogP contribution in [-0.2, 0) is 21.4 Å². The van der Waals surface area contributed by atoms with Crippen LogP contribution in [0.1, 0.15) is 18.9 Å². The molecule has 0 bridgehead atoms. The fourth-order valence-corrected chi connectivity index (χ4v) is 4.84. The molecule has 3 aromatic rings. The first kappa shape index (κ1) is 21.9. The van der Waals surface area contributed by atoms with Gasteiger partial charge in [0.05, 0.1) is 0 Å². The summed E-state index contributed by atoms with van der Waals surface area (Å²) < 4.78 is 32.2. The number of aromatic nitrogens is 2. The topological polar surface area (TPSA) is 101 Å². The van der Waals surface area contributed by atoms with Crippen LogP contribution in [0.5, 0.6) is 5.75 Å². The van der Waals surface area contributed by atoms with E-state index in [0.717, 1.165) is 16.9 Å². The molecular weight excluding hydrogens is 424 g/mol. The predicted octanol–water partition coefficient (Wildman–Crippen LogP) is 3.15. The summed E-state index contributed by atoms with van der Waals surface area (Å²) in [4.78, 5) is 12.5. The van der Waals surface area contributed by atoms with E-state index in [1.165, 1.54) is 11.4 Å². The summed E-state index contributed by atoms with van der Waals surface area (Å²) >= 11 is 0.802. The van der Waals surface area contributed by atoms with Crippen molar-refractivity contribution in [1.29, 1.82) is 0 Å². The van der Waals surface area contributed by atoms with Crippen LogP contribution in [-0.4, -0.2) is 42.0 Å². The first-order valence-electron chi connectivity index (χ1n) is 9.26. The van der Waals surface area contributed by atoms with Crippen molar-refractivity contribution in [3.63, 3.8) is 0 Å². The maximum absolute atomic E-state index is 12.8. The van der Waals surface area contributed by atoms with Crippen LogP contribution < -0.4 is 10.1 Å². The highest BCUT2D eigenvalue weighted by Gasteiger charge is 2.27. The first-order valence-corrected chi connectivity index (χ1v) is 11.5. The summed E-state index contributed by atoms with van der Waals surface area (Å²) in [6.45, 7) is 2.02. The molecule has 1 heterocycles. The summed E-state index contributed by atoms with van der Waals surface area (Å²) in [6.07, 6.45) is -0.304. The number of nitrogens with zero attached hydrogens (tertiary/aromatic N) is 3. The molecule has 1 N–H and O–H groups in total. The lowest BCUT2D eigenvalue weighted by Gasteiger charge is -2.16. The number of nitrogens with one attached hydrogen (secondary N) is 1. The highest BCUT2D eigenvalue weighted by molar-refractivity contribution is 7.91. The first-order chi connectivity index (χ1) is 14.4. The molecule has 0 spiro atoms. The van der Waals surface area contributed by atoms with E-state index < -0.39 is 22.0 Å². The summed E-state index contributed by atoms with van der Waals surface area (Å²) in [7, 11) is -2.36. The molecular formula is C20H22N4O4S2. The highest BCUT2D eigenvalue weighted by Crippen LogP contribution is 2.24. The van der Waals surface area contributed by atoms with E-state index in [4.69, 9.17) is 4.74 Å². The number of sulfonamides is 1. The van der Waals surface area contributed by atoms with Gasteiger partial charge < -0.3 is 4.74 Å². The van der Waals surface area contributed by atoms with E-state index in [1.807, 2.05) is 55.5 Å². The molecule has 1 aromatic heterocycles. The zero-order chi connectivity index (χ0) is 21.6. The number of amides is 1. The van der Waals surface area contributed by atoms with Gasteiger partial charge in [-0.3, -0.25) is 10.1 Å². The monoisotopic (exact) mass is 446 g/mol. The molecule has 1 atom stereocenters. The fraction of sp³-hybridized carbons (Fsp3) is 0.250. The molecule has 0 aliphatic carbocycles. The van der Waals surface area contributed by atoms with Gasteiger partial charge in [0.15, 0.2) is 6.10 Å². The number of para-hydroxylation sites is 1. The van der Waals surface area contributed by atoms with Gasteiger partial charge in [0, 0.05) is 13.6 Å². The Hall–Kier alpha value is -2.82. The molecule has 1 unspecified atom stereocenters. The molecule has 158 valence electrons. The van der Waals surface area contributed by atoms with Crippen molar-refractivity contribution in [1.82, 2.24) is 14.5 Å². The number of rotatable bonds is 9. The number of carbonyl (C=O) groups excluding carboxylic acids is 1. The molecule has 0 radical (unpaired) electrons. The summed E-state index contributed by atoms with van der Waals surface area (Å²) in [5.41, 5.74) is 0.852. The number of ether oxygens (including phenoxy) is 1. The Morgan fingerprint density at radius 1 is 1.10 bits per heavy atom. The Bertz CT molecular complexity index is 1070. The van der Waals surface area contributed by atoms with Gasteiger partial charge in [-0.1, -0.05) is 66.8 Å². The quantitative estimate of drug-likeness (QED) is 0.507. The lowest BCUT2D eigenvalue weighted by molar-refractivity contribution is -0.122. The second-order valence-electron chi connectivity index (χ2n) is 6.44. The van der Waals surface area contributed by atoms with E-state index in [-0.39, 0.29) is 16.0 Å². The van der Waals surface area contributed by atoms with Crippen LogP contribution >= 0.6 is 11.3 Å². The highest BCUT2D eigenvalue weighted by atomic mass is 32.2. The second-order valence-corrected chi connectivity index (χ2v) is 9.63. The molecule has 0 aliphatic rings. The molecule has 1 amide bonds. The third-order valence-electron chi connectivity index (χ3n) is 4.20. The number of carbonyl (C=O) groups is 1. The number of benzene rings is 2. The Morgan fingerprint density at radius 3 is 2.37 bits per heavy atom. The summed E-state index contributed by atoms with van der Waals surface area (Å²) in [5.74, 6) is 0.154. The average Bonchev–Trinajstić information content (AvgIpc) is 3.22. The minimum absolute atomic E-state index is 0.0989. The van der Waals surface area contributed by atoms with Crippen LogP contribution in [0.3, 0.4) is 0 Å². The van der Waals surface area contributed by atoms with Crippen LogP contribution in [0.15, 0.2) is 65.0 Å². The van der Waals surface area contributed by atoms with Crippen LogP contribution in [0.2, 0.25) is 0 Å². The van der Waals surface area contributed by atoms with Crippen LogP contribution in [0.4, 0.5) is 5.13 Å². The normalized spacial score (nSPS) is 12.5. The van der Waals surface area contributed by atoms with Crippen molar-refractivity contribution in [2.75, 3.05) is 12.4 Å². The maximum Gasteiger partial charge on any atom is 0.272 e. The van der Waals surface area contributed by atoms with Crippen molar-refractivity contribution in [2.24, 2.45) is 0 Å². The van der Waals surface area contributed by atoms with Gasteiger partial charge in [0.2, 0.25) is 9.47 Å². The number of anilines is 1. The zero-order valence-corrected chi connectivity index (χ0v) is 18.2. The molecule has 0 fully saturated rings. The fourth-order valence-electron chi connectivity index (χ4n) is 2.59. The number of hydrogen-bond acceptors (Lipinski definition) is 7. The Kier molecular flexibility index (Phi) is 7.14. The van der Waals surface area contributed by atoms with Gasteiger partial charge in [0.25, 0.3) is 15.9 Å². The van der Waals surface area contributed by atoms with E-state index in [9.17, 15) is 13.2 Å². The number of hydrogen-bond donors (Lipinski definition) is 1. The Balaban J connectivity index is 1.66. The van der Waals surface area contributed by atoms with Gasteiger partial charge in [0.1, 0.15) is 5.75 Å². The zero-order valence-electron chi connectivity index (χ0n) is 16.6. The second kappa shape index (κ2) is 9.79. The van der Waals surface area contributed by atoms with Gasteiger partial charge >= 0.3 is 0 Å².